The number of nitrogens with zero attached hydrogens (tertiary/aromatic N) is 6. The Balaban J connectivity index is 1.48. The Morgan fingerprint density at radius 3 is 3.31 bits per heavy atom. The fourth-order valence-electron chi connectivity index (χ4n) is 2.99. The molecule has 0 unspecified atom stereocenters. The molecule has 1 aliphatic heterocycles. The lowest BCUT2D eigenvalue weighted by molar-refractivity contribution is -0.0403. The van der Waals surface area contributed by atoms with Crippen molar-refractivity contribution < 1.29 is 9.47 Å². The number of aromatic amines is 1. The van der Waals surface area contributed by atoms with Crippen LogP contribution < -0.4 is 5.56 Å². The summed E-state index contributed by atoms with van der Waals surface area (Å²) in [7, 11) is 1.64. The molecule has 0 spiro atoms. The molecule has 0 saturated carbocycles. The normalized spacial score (nSPS) is 18.6. The minimum Gasteiger partial charge on any atom is -0.383 e. The second-order valence-electron chi connectivity index (χ2n) is 6.00. The summed E-state index contributed by atoms with van der Waals surface area (Å²) >= 11 is 1.40. The van der Waals surface area contributed by atoms with Crippen LogP contribution in [0, 0.1) is 0 Å². The second-order valence-corrected chi connectivity index (χ2v) is 6.91. The molecule has 0 bridgehead atoms. The maximum Gasteiger partial charge on any atom is 0.268 e. The van der Waals surface area contributed by atoms with Crippen LogP contribution in [0.1, 0.15) is 17.8 Å². The van der Waals surface area contributed by atoms with E-state index in [4.69, 9.17) is 9.47 Å². The Hall–Kier alpha value is -2.21. The van der Waals surface area contributed by atoms with E-state index in [1.807, 2.05) is 11.4 Å². The van der Waals surface area contributed by atoms with E-state index in [2.05, 4.69) is 30.4 Å². The van der Waals surface area contributed by atoms with E-state index in [0.29, 0.717) is 49.2 Å². The molecule has 1 atom stereocenters. The summed E-state index contributed by atoms with van der Waals surface area (Å²) in [4.78, 5) is 21.7. The van der Waals surface area contributed by atoms with Gasteiger partial charge in [-0.25, -0.2) is 9.67 Å². The molecule has 3 aromatic rings. The summed E-state index contributed by atoms with van der Waals surface area (Å²) in [6.07, 6.45) is -0.229. The van der Waals surface area contributed by atoms with Gasteiger partial charge in [-0.2, -0.15) is 0 Å². The predicted octanol–water partition coefficient (Wildman–Crippen LogP) is 0.191. The van der Waals surface area contributed by atoms with Crippen molar-refractivity contribution in [2.75, 3.05) is 33.4 Å². The lowest BCUT2D eigenvalue weighted by Crippen LogP contribution is -2.39. The number of rotatable bonds is 6. The van der Waals surface area contributed by atoms with Crippen LogP contribution in [-0.2, 0) is 22.6 Å². The first kappa shape index (κ1) is 17.2. The average Bonchev–Trinajstić information content (AvgIpc) is 3.29. The molecule has 0 amide bonds. The number of thiophene rings is 1. The van der Waals surface area contributed by atoms with Crippen LogP contribution in [-0.4, -0.2) is 68.5 Å². The summed E-state index contributed by atoms with van der Waals surface area (Å²) in [6, 6.07) is 1.87. The SMILES string of the molecule is COCCn1nnnc1[C@@H]1CN(Cc2nc3ccsc3c(=O)[nH]2)CCO1. The number of fused-ring (bicyclic) bond motifs is 1. The van der Waals surface area contributed by atoms with E-state index in [1.165, 1.54) is 11.3 Å². The van der Waals surface area contributed by atoms with E-state index in [-0.39, 0.29) is 11.7 Å². The Morgan fingerprint density at radius 1 is 1.50 bits per heavy atom. The number of H-pyrrole nitrogens is 1. The Labute approximate surface area is 152 Å². The highest BCUT2D eigenvalue weighted by atomic mass is 32.1. The third-order valence-electron chi connectivity index (χ3n) is 4.24. The third kappa shape index (κ3) is 3.51. The van der Waals surface area contributed by atoms with Gasteiger partial charge in [-0.1, -0.05) is 0 Å². The van der Waals surface area contributed by atoms with Crippen molar-refractivity contribution in [3.8, 4) is 0 Å². The molecule has 1 aliphatic rings. The highest BCUT2D eigenvalue weighted by molar-refractivity contribution is 7.17. The van der Waals surface area contributed by atoms with Gasteiger partial charge in [0.15, 0.2) is 5.82 Å². The molecule has 3 aromatic heterocycles. The maximum absolute atomic E-state index is 12.1. The van der Waals surface area contributed by atoms with Gasteiger partial charge in [0.25, 0.3) is 5.56 Å². The van der Waals surface area contributed by atoms with E-state index < -0.39 is 0 Å². The van der Waals surface area contributed by atoms with Crippen molar-refractivity contribution in [2.24, 2.45) is 0 Å². The number of aromatic nitrogens is 6. The predicted molar refractivity (Wildman–Crippen MR) is 93.9 cm³/mol. The van der Waals surface area contributed by atoms with Crippen LogP contribution in [0.3, 0.4) is 0 Å². The van der Waals surface area contributed by atoms with Gasteiger partial charge in [0, 0.05) is 20.2 Å². The van der Waals surface area contributed by atoms with E-state index in [9.17, 15) is 4.79 Å². The minimum atomic E-state index is -0.229. The number of hydrogen-bond donors (Lipinski definition) is 1. The molecule has 0 aliphatic carbocycles. The highest BCUT2D eigenvalue weighted by Gasteiger charge is 2.27. The molecule has 0 radical (unpaired) electrons. The molecule has 4 heterocycles. The fraction of sp³-hybridized carbons (Fsp3) is 0.533. The first-order chi connectivity index (χ1) is 12.7. The van der Waals surface area contributed by atoms with E-state index in [0.717, 1.165) is 12.1 Å². The first-order valence-corrected chi connectivity index (χ1v) is 9.18. The number of hydrogen-bond acceptors (Lipinski definition) is 9. The van der Waals surface area contributed by atoms with Crippen molar-refractivity contribution in [1.29, 1.82) is 0 Å². The smallest absolute Gasteiger partial charge is 0.268 e. The van der Waals surface area contributed by atoms with Gasteiger partial charge in [-0.15, -0.1) is 16.4 Å². The van der Waals surface area contributed by atoms with Crippen LogP contribution >= 0.6 is 11.3 Å². The summed E-state index contributed by atoms with van der Waals surface area (Å²) in [5.74, 6) is 1.34. The maximum atomic E-state index is 12.1. The molecule has 1 N–H and O–H groups in total. The van der Waals surface area contributed by atoms with Gasteiger partial charge in [0.2, 0.25) is 0 Å². The average molecular weight is 377 g/mol. The van der Waals surface area contributed by atoms with Crippen molar-refractivity contribution in [3.05, 3.63) is 33.4 Å². The van der Waals surface area contributed by atoms with Crippen molar-refractivity contribution in [2.45, 2.75) is 19.2 Å². The number of tetrazole rings is 1. The molecule has 1 fully saturated rings. The lowest BCUT2D eigenvalue weighted by Gasteiger charge is -2.31. The van der Waals surface area contributed by atoms with Crippen LogP contribution in [0.4, 0.5) is 0 Å². The van der Waals surface area contributed by atoms with Crippen molar-refractivity contribution in [1.82, 2.24) is 35.1 Å². The molecule has 4 rings (SSSR count). The summed E-state index contributed by atoms with van der Waals surface area (Å²) < 4.78 is 13.3. The van der Waals surface area contributed by atoms with Gasteiger partial charge >= 0.3 is 0 Å². The third-order valence-corrected chi connectivity index (χ3v) is 5.15. The van der Waals surface area contributed by atoms with Crippen LogP contribution in [0.5, 0.6) is 0 Å². The summed E-state index contributed by atoms with van der Waals surface area (Å²) in [5, 5.41) is 13.7. The zero-order valence-electron chi connectivity index (χ0n) is 14.3. The van der Waals surface area contributed by atoms with Crippen molar-refractivity contribution >= 4 is 21.6 Å². The second kappa shape index (κ2) is 7.58. The molecule has 138 valence electrons. The molecule has 0 aromatic carbocycles. The quantitative estimate of drug-likeness (QED) is 0.648. The molecule has 26 heavy (non-hydrogen) atoms. The Bertz CT molecular complexity index is 937. The molecular weight excluding hydrogens is 358 g/mol. The van der Waals surface area contributed by atoms with Crippen LogP contribution in [0.15, 0.2) is 16.2 Å². The molecule has 1 saturated heterocycles. The van der Waals surface area contributed by atoms with Gasteiger partial charge in [-0.05, 0) is 21.9 Å². The zero-order chi connectivity index (χ0) is 17.9. The van der Waals surface area contributed by atoms with Crippen LogP contribution in [0.2, 0.25) is 0 Å². The molecule has 10 nitrogen and oxygen atoms in total. The monoisotopic (exact) mass is 377 g/mol. The largest absolute Gasteiger partial charge is 0.383 e. The van der Waals surface area contributed by atoms with Crippen LogP contribution in [0.25, 0.3) is 10.2 Å². The summed E-state index contributed by atoms with van der Waals surface area (Å²) in [6.45, 7) is 3.58. The van der Waals surface area contributed by atoms with E-state index in [1.54, 1.807) is 11.8 Å². The first-order valence-electron chi connectivity index (χ1n) is 8.30. The van der Waals surface area contributed by atoms with Gasteiger partial charge < -0.3 is 14.5 Å². The topological polar surface area (TPSA) is 111 Å². The van der Waals surface area contributed by atoms with E-state index >= 15 is 0 Å². The lowest BCUT2D eigenvalue weighted by atomic mass is 10.2. The number of ether oxygens (including phenoxy) is 2. The van der Waals surface area contributed by atoms with Crippen molar-refractivity contribution in [3.63, 3.8) is 0 Å². The number of methoxy groups -OCH3 is 1. The number of morpholine rings is 1. The van der Waals surface area contributed by atoms with Gasteiger partial charge in [0.05, 0.1) is 31.8 Å². The molecular formula is C15H19N7O3S. The Morgan fingerprint density at radius 2 is 2.42 bits per heavy atom. The minimum absolute atomic E-state index is 0.0895. The highest BCUT2D eigenvalue weighted by Crippen LogP contribution is 2.21. The van der Waals surface area contributed by atoms with Gasteiger partial charge in [-0.3, -0.25) is 9.69 Å². The van der Waals surface area contributed by atoms with Gasteiger partial charge in [0.1, 0.15) is 16.6 Å². The summed E-state index contributed by atoms with van der Waals surface area (Å²) in [5.41, 5.74) is 0.649. The number of nitrogens with one attached hydrogen (secondary N) is 1. The Kier molecular flexibility index (Phi) is 5.02. The zero-order valence-corrected chi connectivity index (χ0v) is 15.1. The fourth-order valence-corrected chi connectivity index (χ4v) is 3.72. The standard InChI is InChI=1S/C15H19N7O3S/c1-24-5-4-22-14(18-19-20-22)11-8-21(3-6-25-11)9-12-16-10-2-7-26-13(10)15(23)17-12/h2,7,11H,3-6,8-9H2,1H3,(H,16,17,23)/t11-/m0/s1. The molecule has 11 heteroatoms.